The van der Waals surface area contributed by atoms with Crippen molar-refractivity contribution >= 4 is 16.6 Å². The van der Waals surface area contributed by atoms with Gasteiger partial charge in [-0.15, -0.1) is 0 Å². The van der Waals surface area contributed by atoms with Gasteiger partial charge in [-0.3, -0.25) is 0 Å². The van der Waals surface area contributed by atoms with Gasteiger partial charge < -0.3 is 10.1 Å². The van der Waals surface area contributed by atoms with Gasteiger partial charge in [0.25, 0.3) is 0 Å². The third kappa shape index (κ3) is 2.45. The summed E-state index contributed by atoms with van der Waals surface area (Å²) in [5.41, 5.74) is 0.444. The number of nitrogens with one attached hydrogen (secondary N) is 1. The van der Waals surface area contributed by atoms with E-state index < -0.39 is 0 Å². The molecule has 1 aliphatic rings. The second kappa shape index (κ2) is 4.97. The first-order valence-corrected chi connectivity index (χ1v) is 7.27. The van der Waals surface area contributed by atoms with Crippen LogP contribution in [0.3, 0.4) is 0 Å². The van der Waals surface area contributed by atoms with Gasteiger partial charge >= 0.3 is 0 Å². The number of methoxy groups -OCH3 is 1. The highest BCUT2D eigenvalue weighted by Crippen LogP contribution is 2.39. The highest BCUT2D eigenvalue weighted by molar-refractivity contribution is 5.95. The van der Waals surface area contributed by atoms with Crippen LogP contribution in [-0.2, 0) is 0 Å². The van der Waals surface area contributed by atoms with Crippen molar-refractivity contribution < 1.29 is 4.74 Å². The number of anilines is 1. The van der Waals surface area contributed by atoms with Crippen molar-refractivity contribution in [2.75, 3.05) is 12.4 Å². The van der Waals surface area contributed by atoms with Crippen LogP contribution < -0.4 is 10.1 Å². The Morgan fingerprint density at radius 2 is 2.10 bits per heavy atom. The van der Waals surface area contributed by atoms with E-state index >= 15 is 0 Å². The second-order valence-electron chi connectivity index (χ2n) is 6.46. The van der Waals surface area contributed by atoms with E-state index in [9.17, 15) is 0 Å². The second-order valence-corrected chi connectivity index (χ2v) is 6.46. The first-order chi connectivity index (χ1) is 9.59. The maximum atomic E-state index is 5.43. The fourth-order valence-electron chi connectivity index (χ4n) is 3.22. The van der Waals surface area contributed by atoms with Crippen molar-refractivity contribution in [1.29, 1.82) is 0 Å². The fraction of sp³-hybridized carbons (Fsp3) is 0.471. The number of pyridine rings is 1. The van der Waals surface area contributed by atoms with Crippen LogP contribution in [0.2, 0.25) is 0 Å². The topological polar surface area (TPSA) is 34.1 Å². The number of hydrogen-bond acceptors (Lipinski definition) is 3. The molecule has 3 rings (SSSR count). The highest BCUT2D eigenvalue weighted by atomic mass is 16.5. The Kier molecular flexibility index (Phi) is 3.28. The lowest BCUT2D eigenvalue weighted by molar-refractivity contribution is 0.378. The Balaban J connectivity index is 1.92. The van der Waals surface area contributed by atoms with Crippen LogP contribution in [0.1, 0.15) is 33.1 Å². The van der Waals surface area contributed by atoms with Crippen molar-refractivity contribution in [3.63, 3.8) is 0 Å². The van der Waals surface area contributed by atoms with Gasteiger partial charge in [0.2, 0.25) is 0 Å². The summed E-state index contributed by atoms with van der Waals surface area (Å²) < 4.78 is 5.43. The van der Waals surface area contributed by atoms with E-state index in [1.165, 1.54) is 19.3 Å². The van der Waals surface area contributed by atoms with E-state index in [1.807, 2.05) is 24.4 Å². The number of benzene rings is 1. The van der Waals surface area contributed by atoms with Gasteiger partial charge in [-0.05, 0) is 36.8 Å². The lowest BCUT2D eigenvalue weighted by Crippen LogP contribution is -2.18. The maximum Gasteiger partial charge on any atom is 0.134 e. The van der Waals surface area contributed by atoms with Gasteiger partial charge in [0.1, 0.15) is 11.6 Å². The van der Waals surface area contributed by atoms with E-state index in [0.29, 0.717) is 11.5 Å². The third-order valence-corrected chi connectivity index (χ3v) is 4.30. The molecular formula is C17H22N2O. The van der Waals surface area contributed by atoms with E-state index in [1.54, 1.807) is 7.11 Å². The number of rotatable bonds is 3. The van der Waals surface area contributed by atoms with Crippen molar-refractivity contribution in [3.05, 3.63) is 30.5 Å². The summed E-state index contributed by atoms with van der Waals surface area (Å²) in [6.07, 6.45) is 5.55. The average molecular weight is 270 g/mol. The van der Waals surface area contributed by atoms with Gasteiger partial charge in [0, 0.05) is 23.0 Å². The lowest BCUT2D eigenvalue weighted by Gasteiger charge is -2.19. The highest BCUT2D eigenvalue weighted by Gasteiger charge is 2.31. The predicted octanol–water partition coefficient (Wildman–Crippen LogP) is 4.23. The van der Waals surface area contributed by atoms with Gasteiger partial charge in [-0.25, -0.2) is 4.98 Å². The van der Waals surface area contributed by atoms with Crippen molar-refractivity contribution in [2.45, 2.75) is 39.2 Å². The minimum atomic E-state index is 0.444. The summed E-state index contributed by atoms with van der Waals surface area (Å²) in [7, 11) is 1.71. The SMILES string of the molecule is COc1cccc2c(NC3CCC(C)(C)C3)nccc12. The van der Waals surface area contributed by atoms with E-state index in [4.69, 9.17) is 4.74 Å². The summed E-state index contributed by atoms with van der Waals surface area (Å²) in [6, 6.07) is 8.65. The predicted molar refractivity (Wildman–Crippen MR) is 83.3 cm³/mol. The molecule has 1 aromatic heterocycles. The molecule has 1 fully saturated rings. The number of hydrogen-bond donors (Lipinski definition) is 1. The minimum Gasteiger partial charge on any atom is -0.496 e. The monoisotopic (exact) mass is 270 g/mol. The molecule has 106 valence electrons. The molecule has 1 N–H and O–H groups in total. The molecule has 0 radical (unpaired) electrons. The molecule has 2 aromatic rings. The standard InChI is InChI=1S/C17H22N2O/c1-17(2)9-7-12(11-17)19-16-14-5-4-6-15(20-3)13(14)8-10-18-16/h4-6,8,10,12H,7,9,11H2,1-3H3,(H,18,19). The van der Waals surface area contributed by atoms with E-state index in [2.05, 4.69) is 30.2 Å². The first kappa shape index (κ1) is 13.2. The fourth-order valence-corrected chi connectivity index (χ4v) is 3.22. The Bertz CT molecular complexity index is 621. The molecule has 1 aliphatic carbocycles. The summed E-state index contributed by atoms with van der Waals surface area (Å²) in [5.74, 6) is 1.88. The smallest absolute Gasteiger partial charge is 0.134 e. The number of nitrogens with zero attached hydrogens (tertiary/aromatic N) is 1. The molecule has 3 heteroatoms. The first-order valence-electron chi connectivity index (χ1n) is 7.27. The molecule has 0 spiro atoms. The summed E-state index contributed by atoms with van der Waals surface area (Å²) in [6.45, 7) is 4.68. The molecule has 0 saturated heterocycles. The van der Waals surface area contributed by atoms with E-state index in [0.717, 1.165) is 22.3 Å². The van der Waals surface area contributed by atoms with Crippen molar-refractivity contribution in [1.82, 2.24) is 4.98 Å². The lowest BCUT2D eigenvalue weighted by atomic mass is 9.92. The molecule has 1 heterocycles. The Morgan fingerprint density at radius 3 is 2.80 bits per heavy atom. The Labute approximate surface area is 120 Å². The van der Waals surface area contributed by atoms with Gasteiger partial charge in [0.15, 0.2) is 0 Å². The molecular weight excluding hydrogens is 248 g/mol. The van der Waals surface area contributed by atoms with Crippen LogP contribution in [0.5, 0.6) is 5.75 Å². The van der Waals surface area contributed by atoms with Crippen LogP contribution >= 0.6 is 0 Å². The zero-order valence-electron chi connectivity index (χ0n) is 12.4. The van der Waals surface area contributed by atoms with Crippen LogP contribution in [0, 0.1) is 5.41 Å². The quantitative estimate of drug-likeness (QED) is 0.906. The van der Waals surface area contributed by atoms with Crippen LogP contribution in [0.4, 0.5) is 5.82 Å². The molecule has 3 nitrogen and oxygen atoms in total. The van der Waals surface area contributed by atoms with Gasteiger partial charge in [0.05, 0.1) is 7.11 Å². The minimum absolute atomic E-state index is 0.444. The molecule has 0 aliphatic heterocycles. The number of ether oxygens (including phenoxy) is 1. The van der Waals surface area contributed by atoms with Gasteiger partial charge in [-0.1, -0.05) is 26.0 Å². The molecule has 1 unspecified atom stereocenters. The molecule has 0 amide bonds. The normalized spacial score (nSPS) is 21.1. The van der Waals surface area contributed by atoms with E-state index in [-0.39, 0.29) is 0 Å². The Morgan fingerprint density at radius 1 is 1.25 bits per heavy atom. The largest absolute Gasteiger partial charge is 0.496 e. The van der Waals surface area contributed by atoms with Crippen molar-refractivity contribution in [2.24, 2.45) is 5.41 Å². The molecule has 20 heavy (non-hydrogen) atoms. The number of aromatic nitrogens is 1. The zero-order chi connectivity index (χ0) is 14.2. The van der Waals surface area contributed by atoms with Crippen LogP contribution in [0.25, 0.3) is 10.8 Å². The summed E-state index contributed by atoms with van der Waals surface area (Å²) in [4.78, 5) is 4.53. The zero-order valence-corrected chi connectivity index (χ0v) is 12.4. The molecule has 1 aromatic carbocycles. The number of fused-ring (bicyclic) bond motifs is 1. The Hall–Kier alpha value is -1.77. The van der Waals surface area contributed by atoms with Crippen molar-refractivity contribution in [3.8, 4) is 5.75 Å². The maximum absolute atomic E-state index is 5.43. The molecule has 1 saturated carbocycles. The molecule has 0 bridgehead atoms. The average Bonchev–Trinajstić information content (AvgIpc) is 2.78. The molecule has 1 atom stereocenters. The van der Waals surface area contributed by atoms with Crippen LogP contribution in [0.15, 0.2) is 30.5 Å². The summed E-state index contributed by atoms with van der Waals surface area (Å²) >= 11 is 0. The third-order valence-electron chi connectivity index (χ3n) is 4.30. The van der Waals surface area contributed by atoms with Gasteiger partial charge in [-0.2, -0.15) is 0 Å². The van der Waals surface area contributed by atoms with Crippen LogP contribution in [-0.4, -0.2) is 18.1 Å². The summed E-state index contributed by atoms with van der Waals surface area (Å²) in [5, 5.41) is 5.88.